The number of thioether (sulfide) groups is 1. The van der Waals surface area contributed by atoms with Crippen molar-refractivity contribution in [2.75, 3.05) is 7.05 Å². The number of rotatable bonds is 4. The highest BCUT2D eigenvalue weighted by atomic mass is 32.2. The quantitative estimate of drug-likeness (QED) is 0.341. The van der Waals surface area contributed by atoms with E-state index in [1.54, 1.807) is 12.1 Å². The summed E-state index contributed by atoms with van der Waals surface area (Å²) in [5.41, 5.74) is 3.19. The predicted molar refractivity (Wildman–Crippen MR) is 127 cm³/mol. The highest BCUT2D eigenvalue weighted by Gasteiger charge is 2.15. The van der Waals surface area contributed by atoms with Crippen molar-refractivity contribution in [3.05, 3.63) is 60.8 Å². The van der Waals surface area contributed by atoms with E-state index in [1.165, 1.54) is 35.6 Å². The Morgan fingerprint density at radius 2 is 1.84 bits per heavy atom. The van der Waals surface area contributed by atoms with E-state index in [0.717, 1.165) is 21.8 Å². The van der Waals surface area contributed by atoms with Crippen LogP contribution in [0.4, 0.5) is 0 Å². The van der Waals surface area contributed by atoms with E-state index in [1.807, 2.05) is 43.5 Å². The molecule has 0 radical (unpaired) electrons. The lowest BCUT2D eigenvalue weighted by molar-refractivity contribution is 0.0205. The molecule has 0 saturated heterocycles. The van der Waals surface area contributed by atoms with Crippen LogP contribution in [-0.2, 0) is 10.0 Å². The van der Waals surface area contributed by atoms with Crippen molar-refractivity contribution in [1.29, 1.82) is 0 Å². The highest BCUT2D eigenvalue weighted by molar-refractivity contribution is 8.23. The fraction of sp³-hybridized carbons (Fsp3) is 0.143. The topological polar surface area (TPSA) is 101 Å². The molecule has 3 aromatic rings. The average Bonchev–Trinajstić information content (AvgIpc) is 3.16. The molecule has 0 saturated carbocycles. The molecular formula is C21H20N4O3S3. The Balaban J connectivity index is 1.99. The van der Waals surface area contributed by atoms with E-state index in [0.29, 0.717) is 10.0 Å². The summed E-state index contributed by atoms with van der Waals surface area (Å²) < 4.78 is 24.9. The number of primary sulfonamides is 1. The number of sulfonamides is 1. The Kier molecular flexibility index (Phi) is 7.15. The summed E-state index contributed by atoms with van der Waals surface area (Å²) in [4.78, 5) is 0.0346. The standard InChI is InChI=1S/C21H20N4O3S3/c1-15(30-21(29)24(2)26)12-13-25-14-19(16-6-4-3-5-7-16)20(23-25)17-8-10-18(11-9-17)31(22,27)28/h3-11,14-15,26H,1-2H3,(H2,22,27,28). The van der Waals surface area contributed by atoms with Crippen LogP contribution in [0.15, 0.2) is 65.7 Å². The summed E-state index contributed by atoms with van der Waals surface area (Å²) in [6, 6.07) is 18.9. The zero-order valence-electron chi connectivity index (χ0n) is 16.8. The van der Waals surface area contributed by atoms with Gasteiger partial charge in [0.25, 0.3) is 0 Å². The van der Waals surface area contributed by atoms with Gasteiger partial charge in [0.2, 0.25) is 10.0 Å². The molecule has 3 N–H and O–H groups in total. The molecule has 1 aromatic heterocycles. The number of benzene rings is 2. The van der Waals surface area contributed by atoms with Gasteiger partial charge >= 0.3 is 0 Å². The molecule has 1 atom stereocenters. The summed E-state index contributed by atoms with van der Waals surface area (Å²) in [7, 11) is -2.31. The molecule has 3 rings (SSSR count). The lowest BCUT2D eigenvalue weighted by Gasteiger charge is -2.11. The third-order valence-corrected chi connectivity index (χ3v) is 6.60. The number of nitrogens with zero attached hydrogens (tertiary/aromatic N) is 3. The molecule has 0 fully saturated rings. The lowest BCUT2D eigenvalue weighted by atomic mass is 10.0. The van der Waals surface area contributed by atoms with E-state index >= 15 is 0 Å². The minimum Gasteiger partial charge on any atom is -0.287 e. The molecule has 0 aliphatic rings. The predicted octanol–water partition coefficient (Wildman–Crippen LogP) is 3.40. The summed E-state index contributed by atoms with van der Waals surface area (Å²) in [6.45, 7) is 1.88. The molecule has 1 heterocycles. The highest BCUT2D eigenvalue weighted by Crippen LogP contribution is 2.31. The molecule has 160 valence electrons. The molecule has 0 aliphatic carbocycles. The summed E-state index contributed by atoms with van der Waals surface area (Å²) >= 11 is 6.33. The molecule has 0 spiro atoms. The van der Waals surface area contributed by atoms with Gasteiger partial charge in [-0.15, -0.1) is 0 Å². The maximum Gasteiger partial charge on any atom is 0.238 e. The average molecular weight is 473 g/mol. The van der Waals surface area contributed by atoms with Crippen molar-refractivity contribution in [3.8, 4) is 34.3 Å². The Morgan fingerprint density at radius 1 is 1.19 bits per heavy atom. The molecule has 0 amide bonds. The van der Waals surface area contributed by atoms with Crippen molar-refractivity contribution in [2.24, 2.45) is 5.14 Å². The van der Waals surface area contributed by atoms with E-state index in [9.17, 15) is 13.6 Å². The summed E-state index contributed by atoms with van der Waals surface area (Å²) in [5, 5.41) is 19.9. The number of hydrogen-bond donors (Lipinski definition) is 2. The molecule has 31 heavy (non-hydrogen) atoms. The zero-order valence-corrected chi connectivity index (χ0v) is 19.2. The molecule has 2 aromatic carbocycles. The van der Waals surface area contributed by atoms with Crippen LogP contribution in [0.5, 0.6) is 0 Å². The Bertz CT molecular complexity index is 1240. The van der Waals surface area contributed by atoms with Gasteiger partial charge in [0.1, 0.15) is 5.69 Å². The van der Waals surface area contributed by atoms with E-state index < -0.39 is 10.0 Å². The lowest BCUT2D eigenvalue weighted by Crippen LogP contribution is -2.19. The smallest absolute Gasteiger partial charge is 0.238 e. The number of aromatic nitrogens is 2. The Labute approximate surface area is 190 Å². The fourth-order valence-corrected chi connectivity index (χ4v) is 4.20. The second kappa shape index (κ2) is 9.64. The normalized spacial score (nSPS) is 12.0. The van der Waals surface area contributed by atoms with E-state index in [4.69, 9.17) is 17.4 Å². The van der Waals surface area contributed by atoms with Gasteiger partial charge in [-0.05, 0) is 24.6 Å². The van der Waals surface area contributed by atoms with Crippen molar-refractivity contribution in [3.63, 3.8) is 0 Å². The zero-order chi connectivity index (χ0) is 22.6. The van der Waals surface area contributed by atoms with Gasteiger partial charge in [0.15, 0.2) is 4.32 Å². The molecule has 10 heteroatoms. The second-order valence-electron chi connectivity index (χ2n) is 6.58. The van der Waals surface area contributed by atoms with Crippen molar-refractivity contribution < 1.29 is 13.6 Å². The molecule has 0 aliphatic heterocycles. The number of hydrogen-bond acceptors (Lipinski definition) is 6. The molecular weight excluding hydrogens is 452 g/mol. The summed E-state index contributed by atoms with van der Waals surface area (Å²) in [5.74, 6) is 3.05. The maximum absolute atomic E-state index is 11.6. The van der Waals surface area contributed by atoms with Crippen LogP contribution in [0.1, 0.15) is 6.92 Å². The number of thiocarbonyl (C=S) groups is 1. The monoisotopic (exact) mass is 472 g/mol. The third-order valence-electron chi connectivity index (χ3n) is 4.18. The van der Waals surface area contributed by atoms with Crippen LogP contribution in [0.25, 0.3) is 22.4 Å². The first kappa shape index (κ1) is 23.0. The van der Waals surface area contributed by atoms with Crippen LogP contribution in [0, 0.1) is 12.0 Å². The van der Waals surface area contributed by atoms with Crippen molar-refractivity contribution >= 4 is 38.3 Å². The maximum atomic E-state index is 11.6. The van der Waals surface area contributed by atoms with Crippen LogP contribution >= 0.6 is 24.0 Å². The first-order valence-corrected chi connectivity index (χ1v) is 11.9. The van der Waals surface area contributed by atoms with Gasteiger partial charge in [-0.1, -0.05) is 72.4 Å². The fourth-order valence-electron chi connectivity index (χ4n) is 2.69. The first-order valence-electron chi connectivity index (χ1n) is 9.08. The molecule has 1 unspecified atom stereocenters. The van der Waals surface area contributed by atoms with Crippen molar-refractivity contribution in [1.82, 2.24) is 14.8 Å². The van der Waals surface area contributed by atoms with Crippen molar-refractivity contribution in [2.45, 2.75) is 17.1 Å². The van der Waals surface area contributed by atoms with Gasteiger partial charge in [-0.2, -0.15) is 9.78 Å². The van der Waals surface area contributed by atoms with Gasteiger partial charge in [0, 0.05) is 30.4 Å². The van der Waals surface area contributed by atoms with Gasteiger partial charge in [-0.3, -0.25) is 5.21 Å². The van der Waals surface area contributed by atoms with Crippen LogP contribution in [0.3, 0.4) is 0 Å². The largest absolute Gasteiger partial charge is 0.287 e. The SMILES string of the molecule is CC(C#Cn1cc(-c2ccccc2)c(-c2ccc(S(N)(=O)=O)cc2)n1)SC(=S)N(C)O. The van der Waals surface area contributed by atoms with Crippen LogP contribution < -0.4 is 5.14 Å². The Hall–Kier alpha value is -2.68. The van der Waals surface area contributed by atoms with E-state index in [2.05, 4.69) is 17.1 Å². The Morgan fingerprint density at radius 3 is 2.42 bits per heavy atom. The van der Waals surface area contributed by atoms with Gasteiger partial charge in [-0.25, -0.2) is 18.6 Å². The van der Waals surface area contributed by atoms with Gasteiger partial charge in [0.05, 0.1) is 10.1 Å². The number of hydroxylamine groups is 2. The van der Waals surface area contributed by atoms with Gasteiger partial charge < -0.3 is 0 Å². The number of nitrogens with two attached hydrogens (primary N) is 1. The van der Waals surface area contributed by atoms with Crippen LogP contribution in [0.2, 0.25) is 0 Å². The minimum absolute atomic E-state index is 0.0346. The third kappa shape index (κ3) is 5.94. The first-order chi connectivity index (χ1) is 14.6. The second-order valence-corrected chi connectivity index (χ2v) is 10.1. The summed E-state index contributed by atoms with van der Waals surface area (Å²) in [6.07, 6.45) is 1.82. The molecule has 0 bridgehead atoms. The minimum atomic E-state index is -3.78. The van der Waals surface area contributed by atoms with Crippen LogP contribution in [-0.4, -0.2) is 45.1 Å². The molecule has 7 nitrogen and oxygen atoms in total. The van der Waals surface area contributed by atoms with E-state index in [-0.39, 0.29) is 10.1 Å².